The maximum atomic E-state index is 4.66. The number of rotatable bonds is 6. The molecule has 0 aromatic carbocycles. The molecule has 0 amide bonds. The number of aliphatic imine (C=N–C) groups is 1. The molecule has 1 aliphatic rings. The van der Waals surface area contributed by atoms with Crippen LogP contribution in [0.2, 0.25) is 0 Å². The molecule has 104 valence electrons. The molecular formula is C14H28N4. The Hall–Kier alpha value is -0.870. The molecule has 0 radical (unpaired) electrons. The van der Waals surface area contributed by atoms with Crippen LogP contribution in [0.5, 0.6) is 0 Å². The fraction of sp³-hybridized carbons (Fsp3) is 0.786. The number of nitrogens with one attached hydrogen (secondary N) is 1. The van der Waals surface area contributed by atoms with Crippen LogP contribution in [-0.4, -0.2) is 54.5 Å². The minimum absolute atomic E-state index is 0.0521. The molecule has 18 heavy (non-hydrogen) atoms. The molecule has 0 spiro atoms. The number of allylic oxidation sites excluding steroid dienone is 1. The quantitative estimate of drug-likeness (QED) is 0.733. The monoisotopic (exact) mass is 252 g/mol. The highest BCUT2D eigenvalue weighted by molar-refractivity contribution is 5.79. The second kappa shape index (κ2) is 7.54. The lowest BCUT2D eigenvalue weighted by molar-refractivity contribution is 0.0893. The van der Waals surface area contributed by atoms with E-state index in [4.69, 9.17) is 0 Å². The first kappa shape index (κ1) is 15.2. The molecule has 4 heteroatoms. The van der Waals surface area contributed by atoms with Gasteiger partial charge in [-0.2, -0.15) is 0 Å². The molecule has 1 rings (SSSR count). The van der Waals surface area contributed by atoms with Crippen molar-refractivity contribution in [1.29, 1.82) is 0 Å². The van der Waals surface area contributed by atoms with Gasteiger partial charge in [0.25, 0.3) is 0 Å². The van der Waals surface area contributed by atoms with Gasteiger partial charge in [0, 0.05) is 37.6 Å². The summed E-state index contributed by atoms with van der Waals surface area (Å²) in [5.74, 6) is 0. The Bertz CT molecular complexity index is 286. The van der Waals surface area contributed by atoms with Crippen molar-refractivity contribution in [3.8, 4) is 0 Å². The molecular weight excluding hydrogens is 224 g/mol. The summed E-state index contributed by atoms with van der Waals surface area (Å²) < 4.78 is 0. The lowest BCUT2D eigenvalue weighted by Gasteiger charge is -2.38. The molecule has 4 nitrogen and oxygen atoms in total. The summed E-state index contributed by atoms with van der Waals surface area (Å²) in [5.41, 5.74) is 2.07. The highest BCUT2D eigenvalue weighted by atomic mass is 15.4. The largest absolute Gasteiger partial charge is 0.356 e. The first-order valence-electron chi connectivity index (χ1n) is 6.92. The van der Waals surface area contributed by atoms with Gasteiger partial charge in [0.05, 0.1) is 0 Å². The molecule has 1 fully saturated rings. The van der Waals surface area contributed by atoms with E-state index in [-0.39, 0.29) is 6.29 Å². The lowest BCUT2D eigenvalue weighted by atomic mass is 10.3. The van der Waals surface area contributed by atoms with Gasteiger partial charge in [-0.05, 0) is 33.7 Å². The van der Waals surface area contributed by atoms with Crippen molar-refractivity contribution >= 4 is 5.71 Å². The Labute approximate surface area is 112 Å². The van der Waals surface area contributed by atoms with E-state index >= 15 is 0 Å². The van der Waals surface area contributed by atoms with Gasteiger partial charge in [0.1, 0.15) is 0 Å². The van der Waals surface area contributed by atoms with Crippen molar-refractivity contribution in [2.24, 2.45) is 4.99 Å². The van der Waals surface area contributed by atoms with E-state index in [2.05, 4.69) is 33.6 Å². The molecule has 1 N–H and O–H groups in total. The fourth-order valence-electron chi connectivity index (χ4n) is 2.22. The Morgan fingerprint density at radius 2 is 1.83 bits per heavy atom. The van der Waals surface area contributed by atoms with Crippen LogP contribution in [-0.2, 0) is 0 Å². The summed E-state index contributed by atoms with van der Waals surface area (Å²) in [6, 6.07) is 0. The van der Waals surface area contributed by atoms with Gasteiger partial charge in [-0.25, -0.2) is 0 Å². The highest BCUT2D eigenvalue weighted by Gasteiger charge is 2.22. The van der Waals surface area contributed by atoms with Crippen LogP contribution in [0, 0.1) is 0 Å². The van der Waals surface area contributed by atoms with Crippen molar-refractivity contribution in [3.05, 3.63) is 12.3 Å². The maximum Gasteiger partial charge on any atom is 0.175 e. The van der Waals surface area contributed by atoms with Crippen LogP contribution in [0.15, 0.2) is 17.3 Å². The summed E-state index contributed by atoms with van der Waals surface area (Å²) >= 11 is 0. The van der Waals surface area contributed by atoms with Gasteiger partial charge >= 0.3 is 0 Å². The van der Waals surface area contributed by atoms with Crippen molar-refractivity contribution in [2.45, 2.75) is 40.4 Å². The van der Waals surface area contributed by atoms with Crippen LogP contribution in [0.1, 0.15) is 34.1 Å². The van der Waals surface area contributed by atoms with E-state index in [9.17, 15) is 0 Å². The zero-order chi connectivity index (χ0) is 13.5. The van der Waals surface area contributed by atoms with Crippen LogP contribution < -0.4 is 5.32 Å². The number of nitrogens with zero attached hydrogens (tertiary/aromatic N) is 3. The normalized spacial score (nSPS) is 19.3. The Morgan fingerprint density at radius 1 is 1.22 bits per heavy atom. The second-order valence-corrected chi connectivity index (χ2v) is 5.25. The molecule has 1 atom stereocenters. The van der Waals surface area contributed by atoms with Gasteiger partial charge in [-0.1, -0.05) is 13.5 Å². The summed E-state index contributed by atoms with van der Waals surface area (Å²) in [5, 5.41) is 3.35. The maximum absolute atomic E-state index is 4.66. The summed E-state index contributed by atoms with van der Waals surface area (Å²) in [6.07, 6.45) is 1.29. The van der Waals surface area contributed by atoms with Gasteiger partial charge < -0.3 is 10.2 Å². The number of hydrogen-bond donors (Lipinski definition) is 1. The summed E-state index contributed by atoms with van der Waals surface area (Å²) in [4.78, 5) is 9.59. The molecule has 0 bridgehead atoms. The van der Waals surface area contributed by atoms with Crippen molar-refractivity contribution in [3.63, 3.8) is 0 Å². The predicted octanol–water partition coefficient (Wildman–Crippen LogP) is 1.90. The molecule has 0 aromatic heterocycles. The third kappa shape index (κ3) is 5.19. The molecule has 1 unspecified atom stereocenters. The third-order valence-corrected chi connectivity index (χ3v) is 3.05. The summed E-state index contributed by atoms with van der Waals surface area (Å²) in [6.45, 7) is 17.9. The van der Waals surface area contributed by atoms with Crippen LogP contribution >= 0.6 is 0 Å². The van der Waals surface area contributed by atoms with E-state index in [1.165, 1.54) is 13.0 Å². The van der Waals surface area contributed by atoms with E-state index in [1.807, 2.05) is 20.8 Å². The minimum atomic E-state index is 0.0521. The molecule has 1 saturated heterocycles. The van der Waals surface area contributed by atoms with E-state index in [0.717, 1.165) is 37.6 Å². The van der Waals surface area contributed by atoms with Gasteiger partial charge in [0.15, 0.2) is 6.29 Å². The van der Waals surface area contributed by atoms with E-state index in [1.54, 1.807) is 0 Å². The zero-order valence-corrected chi connectivity index (χ0v) is 12.4. The third-order valence-electron chi connectivity index (χ3n) is 3.05. The topological polar surface area (TPSA) is 30.9 Å². The smallest absolute Gasteiger partial charge is 0.175 e. The standard InChI is InChI=1S/C14H28N4/c1-6-7-17-8-10-18(11-9-17)14(15-12(2)3)16-13(4)5/h14-15H,2,6-11H2,1,3-5H3. The lowest BCUT2D eigenvalue weighted by Crippen LogP contribution is -2.53. The van der Waals surface area contributed by atoms with Gasteiger partial charge in [-0.3, -0.25) is 9.89 Å². The van der Waals surface area contributed by atoms with Gasteiger partial charge in [-0.15, -0.1) is 0 Å². The van der Waals surface area contributed by atoms with Crippen molar-refractivity contribution in [1.82, 2.24) is 15.1 Å². The summed E-state index contributed by atoms with van der Waals surface area (Å²) in [7, 11) is 0. The SMILES string of the molecule is C=C(C)NC(N=C(C)C)N1CCN(CCC)CC1. The average molecular weight is 252 g/mol. The van der Waals surface area contributed by atoms with Crippen molar-refractivity contribution in [2.75, 3.05) is 32.7 Å². The first-order valence-corrected chi connectivity index (χ1v) is 6.92. The molecule has 0 saturated carbocycles. The second-order valence-electron chi connectivity index (χ2n) is 5.25. The molecule has 1 aliphatic heterocycles. The highest BCUT2D eigenvalue weighted by Crippen LogP contribution is 2.08. The Kier molecular flexibility index (Phi) is 6.36. The van der Waals surface area contributed by atoms with Crippen molar-refractivity contribution < 1.29 is 0 Å². The van der Waals surface area contributed by atoms with Crippen LogP contribution in [0.3, 0.4) is 0 Å². The average Bonchev–Trinajstić information content (AvgIpc) is 2.28. The van der Waals surface area contributed by atoms with E-state index < -0.39 is 0 Å². The Balaban J connectivity index is 2.54. The number of hydrogen-bond acceptors (Lipinski definition) is 4. The van der Waals surface area contributed by atoms with Gasteiger partial charge in [0.2, 0.25) is 0 Å². The predicted molar refractivity (Wildman–Crippen MR) is 78.8 cm³/mol. The zero-order valence-electron chi connectivity index (χ0n) is 12.4. The fourth-order valence-corrected chi connectivity index (χ4v) is 2.22. The van der Waals surface area contributed by atoms with Crippen LogP contribution in [0.25, 0.3) is 0 Å². The molecule has 1 heterocycles. The Morgan fingerprint density at radius 3 is 2.28 bits per heavy atom. The van der Waals surface area contributed by atoms with E-state index in [0.29, 0.717) is 0 Å². The molecule has 0 aromatic rings. The minimum Gasteiger partial charge on any atom is -0.356 e. The first-order chi connectivity index (χ1) is 8.52. The molecule has 0 aliphatic carbocycles. The number of piperazine rings is 1. The van der Waals surface area contributed by atoms with Crippen LogP contribution in [0.4, 0.5) is 0 Å².